The van der Waals surface area contributed by atoms with Crippen LogP contribution in [0.1, 0.15) is 10.4 Å². The second-order valence-corrected chi connectivity index (χ2v) is 6.96. The monoisotopic (exact) mass is 365 g/mol. The summed E-state index contributed by atoms with van der Waals surface area (Å²) < 4.78 is 5.38. The highest BCUT2D eigenvalue weighted by Gasteiger charge is 2.12. The van der Waals surface area contributed by atoms with Gasteiger partial charge in [-0.25, -0.2) is 0 Å². The molecule has 1 aromatic carbocycles. The Kier molecular flexibility index (Phi) is 4.95. The fourth-order valence-corrected chi connectivity index (χ4v) is 3.60. The normalized spacial score (nSPS) is 14.2. The van der Waals surface area contributed by atoms with E-state index >= 15 is 0 Å². The number of pyridine rings is 1. The third kappa shape index (κ3) is 3.76. The molecule has 6 heteroatoms. The van der Waals surface area contributed by atoms with Crippen molar-refractivity contribution in [2.45, 2.75) is 0 Å². The Bertz CT molecular complexity index is 872. The molecular formula is C20H19N3O2S. The van der Waals surface area contributed by atoms with E-state index in [-0.39, 0.29) is 5.91 Å². The summed E-state index contributed by atoms with van der Waals surface area (Å²) in [7, 11) is 0. The molecule has 5 nitrogen and oxygen atoms in total. The van der Waals surface area contributed by atoms with Crippen LogP contribution in [0.5, 0.6) is 0 Å². The highest BCUT2D eigenvalue weighted by molar-refractivity contribution is 7.13. The van der Waals surface area contributed by atoms with Crippen molar-refractivity contribution in [2.75, 3.05) is 36.5 Å². The summed E-state index contributed by atoms with van der Waals surface area (Å²) in [5.74, 6) is -0.135. The van der Waals surface area contributed by atoms with Gasteiger partial charge in [0.05, 0.1) is 23.8 Å². The highest BCUT2D eigenvalue weighted by atomic mass is 32.1. The quantitative estimate of drug-likeness (QED) is 0.762. The fourth-order valence-electron chi connectivity index (χ4n) is 2.91. The minimum atomic E-state index is -0.135. The first-order valence-corrected chi connectivity index (χ1v) is 9.41. The Labute approximate surface area is 156 Å². The molecule has 0 unspecified atom stereocenters. The summed E-state index contributed by atoms with van der Waals surface area (Å²) in [6.45, 7) is 3.31. The Hall–Kier alpha value is -2.70. The number of carbonyl (C=O) groups is 1. The topological polar surface area (TPSA) is 54.5 Å². The van der Waals surface area contributed by atoms with Crippen LogP contribution in [0, 0.1) is 0 Å². The van der Waals surface area contributed by atoms with E-state index in [9.17, 15) is 4.79 Å². The van der Waals surface area contributed by atoms with Gasteiger partial charge in [-0.1, -0.05) is 6.07 Å². The zero-order valence-corrected chi connectivity index (χ0v) is 15.0. The van der Waals surface area contributed by atoms with E-state index in [0.29, 0.717) is 5.56 Å². The first-order chi connectivity index (χ1) is 12.8. The number of carbonyl (C=O) groups excluding carboxylic acids is 1. The van der Waals surface area contributed by atoms with Crippen molar-refractivity contribution < 1.29 is 9.53 Å². The number of thiophene rings is 1. The second kappa shape index (κ2) is 7.68. The molecular weight excluding hydrogens is 346 g/mol. The fraction of sp³-hybridized carbons (Fsp3) is 0.200. The lowest BCUT2D eigenvalue weighted by Crippen LogP contribution is -2.36. The summed E-state index contributed by atoms with van der Waals surface area (Å²) >= 11 is 1.61. The largest absolute Gasteiger partial charge is 0.378 e. The summed E-state index contributed by atoms with van der Waals surface area (Å²) in [6, 6.07) is 15.5. The van der Waals surface area contributed by atoms with E-state index in [0.717, 1.165) is 48.2 Å². The maximum atomic E-state index is 12.6. The molecule has 0 aliphatic carbocycles. The smallest absolute Gasteiger partial charge is 0.255 e. The molecule has 3 aromatic rings. The van der Waals surface area contributed by atoms with Crippen LogP contribution in [0.15, 0.2) is 60.1 Å². The third-order valence-electron chi connectivity index (χ3n) is 4.30. The average molecular weight is 365 g/mol. The van der Waals surface area contributed by atoms with Gasteiger partial charge in [0.2, 0.25) is 0 Å². The number of nitrogens with zero attached hydrogens (tertiary/aromatic N) is 2. The number of morpholine rings is 1. The van der Waals surface area contributed by atoms with Gasteiger partial charge in [-0.05, 0) is 47.8 Å². The van der Waals surface area contributed by atoms with Crippen molar-refractivity contribution in [1.82, 2.24) is 4.98 Å². The molecule has 26 heavy (non-hydrogen) atoms. The first kappa shape index (κ1) is 16.8. The molecule has 4 rings (SSSR count). The number of nitrogens with one attached hydrogen (secondary N) is 1. The number of benzene rings is 1. The van der Waals surface area contributed by atoms with Gasteiger partial charge < -0.3 is 15.0 Å². The lowest BCUT2D eigenvalue weighted by atomic mass is 10.2. The summed E-state index contributed by atoms with van der Waals surface area (Å²) in [4.78, 5) is 20.2. The van der Waals surface area contributed by atoms with E-state index in [2.05, 4.69) is 15.2 Å². The van der Waals surface area contributed by atoms with E-state index in [1.165, 1.54) is 0 Å². The Morgan fingerprint density at radius 2 is 1.92 bits per heavy atom. The number of aromatic nitrogens is 1. The molecule has 1 N–H and O–H groups in total. The minimum Gasteiger partial charge on any atom is -0.378 e. The minimum absolute atomic E-state index is 0.135. The molecule has 0 saturated carbocycles. The van der Waals surface area contributed by atoms with Gasteiger partial charge >= 0.3 is 0 Å². The van der Waals surface area contributed by atoms with Crippen molar-refractivity contribution in [2.24, 2.45) is 0 Å². The molecule has 0 atom stereocenters. The summed E-state index contributed by atoms with van der Waals surface area (Å²) in [5, 5.41) is 4.95. The van der Waals surface area contributed by atoms with E-state index in [4.69, 9.17) is 4.74 Å². The number of hydrogen-bond donors (Lipinski definition) is 1. The van der Waals surface area contributed by atoms with Crippen molar-refractivity contribution in [1.29, 1.82) is 0 Å². The van der Waals surface area contributed by atoms with Crippen LogP contribution in [-0.2, 0) is 4.74 Å². The number of anilines is 2. The zero-order valence-electron chi connectivity index (χ0n) is 14.2. The van der Waals surface area contributed by atoms with Gasteiger partial charge in [-0.2, -0.15) is 0 Å². The van der Waals surface area contributed by atoms with Crippen LogP contribution in [0.25, 0.3) is 10.6 Å². The Morgan fingerprint density at radius 3 is 2.65 bits per heavy atom. The Balaban J connectivity index is 1.45. The van der Waals surface area contributed by atoms with Crippen LogP contribution in [0.3, 0.4) is 0 Å². The van der Waals surface area contributed by atoms with Gasteiger partial charge in [-0.15, -0.1) is 11.3 Å². The highest BCUT2D eigenvalue weighted by Crippen LogP contribution is 2.24. The maximum Gasteiger partial charge on any atom is 0.255 e. The summed E-state index contributed by atoms with van der Waals surface area (Å²) in [6.07, 6.45) is 1.67. The number of rotatable bonds is 4. The molecule has 1 amide bonds. The molecule has 0 spiro atoms. The van der Waals surface area contributed by atoms with E-state index in [1.807, 2.05) is 47.8 Å². The second-order valence-electron chi connectivity index (χ2n) is 6.01. The lowest BCUT2D eigenvalue weighted by molar-refractivity contribution is 0.102. The van der Waals surface area contributed by atoms with E-state index < -0.39 is 0 Å². The molecule has 0 radical (unpaired) electrons. The Morgan fingerprint density at radius 1 is 1.12 bits per heavy atom. The summed E-state index contributed by atoms with van der Waals surface area (Å²) in [5.41, 5.74) is 3.34. The van der Waals surface area contributed by atoms with Gasteiger partial charge in [0, 0.05) is 36.2 Å². The standard InChI is InChI=1S/C20H19N3O2S/c24-20(15-7-8-21-18(14-15)19-2-1-13-26-19)22-16-3-5-17(6-4-16)23-9-11-25-12-10-23/h1-8,13-14H,9-12H2,(H,22,24). The molecule has 3 heterocycles. The van der Waals surface area contributed by atoms with Gasteiger partial charge in [0.1, 0.15) is 0 Å². The number of amides is 1. The molecule has 0 bridgehead atoms. The number of ether oxygens (including phenoxy) is 1. The molecule has 132 valence electrons. The molecule has 1 saturated heterocycles. The molecule has 2 aromatic heterocycles. The van der Waals surface area contributed by atoms with Crippen LogP contribution in [0.2, 0.25) is 0 Å². The zero-order chi connectivity index (χ0) is 17.8. The van der Waals surface area contributed by atoms with Crippen molar-refractivity contribution in [3.63, 3.8) is 0 Å². The average Bonchev–Trinajstić information content (AvgIpc) is 3.24. The molecule has 1 fully saturated rings. The maximum absolute atomic E-state index is 12.6. The first-order valence-electron chi connectivity index (χ1n) is 8.54. The van der Waals surface area contributed by atoms with Crippen molar-refractivity contribution >= 4 is 28.6 Å². The number of hydrogen-bond acceptors (Lipinski definition) is 5. The van der Waals surface area contributed by atoms with Crippen LogP contribution < -0.4 is 10.2 Å². The van der Waals surface area contributed by atoms with Gasteiger partial charge in [-0.3, -0.25) is 9.78 Å². The van der Waals surface area contributed by atoms with Gasteiger partial charge in [0.15, 0.2) is 0 Å². The van der Waals surface area contributed by atoms with E-state index in [1.54, 1.807) is 23.6 Å². The van der Waals surface area contributed by atoms with Crippen LogP contribution >= 0.6 is 11.3 Å². The molecule has 1 aliphatic heterocycles. The van der Waals surface area contributed by atoms with Gasteiger partial charge in [0.25, 0.3) is 5.91 Å². The third-order valence-corrected chi connectivity index (χ3v) is 5.19. The van der Waals surface area contributed by atoms with Crippen molar-refractivity contribution in [3.8, 4) is 10.6 Å². The SMILES string of the molecule is O=C(Nc1ccc(N2CCOCC2)cc1)c1ccnc(-c2cccs2)c1. The lowest BCUT2D eigenvalue weighted by Gasteiger charge is -2.28. The van der Waals surface area contributed by atoms with Crippen LogP contribution in [-0.4, -0.2) is 37.2 Å². The van der Waals surface area contributed by atoms with Crippen molar-refractivity contribution in [3.05, 3.63) is 65.7 Å². The predicted octanol–water partition coefficient (Wildman–Crippen LogP) is 3.90. The molecule has 1 aliphatic rings. The predicted molar refractivity (Wildman–Crippen MR) is 105 cm³/mol. The van der Waals surface area contributed by atoms with Crippen LogP contribution in [0.4, 0.5) is 11.4 Å².